The molecule has 1 unspecified atom stereocenters. The van der Waals surface area contributed by atoms with Crippen molar-refractivity contribution >= 4 is 23.4 Å². The van der Waals surface area contributed by atoms with Gasteiger partial charge >= 0.3 is 5.97 Å². The Kier molecular flexibility index (Phi) is 5.84. The highest BCUT2D eigenvalue weighted by atomic mass is 35.5. The van der Waals surface area contributed by atoms with E-state index in [1.807, 2.05) is 25.1 Å². The van der Waals surface area contributed by atoms with Gasteiger partial charge < -0.3 is 14.5 Å². The lowest BCUT2D eigenvalue weighted by molar-refractivity contribution is -0.137. The average Bonchev–Trinajstić information content (AvgIpc) is 3.41. The van der Waals surface area contributed by atoms with Crippen LogP contribution in [-0.2, 0) is 11.2 Å². The van der Waals surface area contributed by atoms with E-state index in [1.165, 1.54) is 12.0 Å². The molecular weight excluding hydrogens is 452 g/mol. The number of fused-ring (bicyclic) bond motifs is 1. The van der Waals surface area contributed by atoms with Crippen molar-refractivity contribution in [3.05, 3.63) is 46.1 Å². The molecule has 2 aliphatic rings. The van der Waals surface area contributed by atoms with Gasteiger partial charge in [0.25, 0.3) is 5.89 Å². The lowest BCUT2D eigenvalue weighted by Crippen LogP contribution is -2.40. The maximum atomic E-state index is 11.2. The SMILES string of the molecule is Cc1c(-c2noc(-c3cnc(N4CCCC(C)(C)C4)c(Cl)c3)n2)ccc2c1CCC2CC(=O)O. The van der Waals surface area contributed by atoms with Gasteiger partial charge in [0, 0.05) is 24.8 Å². The van der Waals surface area contributed by atoms with Crippen molar-refractivity contribution in [3.63, 3.8) is 0 Å². The fourth-order valence-electron chi connectivity index (χ4n) is 5.47. The summed E-state index contributed by atoms with van der Waals surface area (Å²) in [5, 5.41) is 14.0. The molecule has 0 radical (unpaired) electrons. The van der Waals surface area contributed by atoms with Gasteiger partial charge in [0.2, 0.25) is 5.82 Å². The molecule has 0 saturated carbocycles. The van der Waals surface area contributed by atoms with Gasteiger partial charge in [0.1, 0.15) is 5.82 Å². The first kappa shape index (κ1) is 22.8. The van der Waals surface area contributed by atoms with E-state index >= 15 is 0 Å². The molecule has 5 rings (SSSR count). The van der Waals surface area contributed by atoms with Gasteiger partial charge in [0.15, 0.2) is 0 Å². The van der Waals surface area contributed by atoms with E-state index in [0.717, 1.165) is 54.9 Å². The Morgan fingerprint density at radius 1 is 1.35 bits per heavy atom. The number of benzene rings is 1. The van der Waals surface area contributed by atoms with Gasteiger partial charge in [-0.2, -0.15) is 4.98 Å². The second kappa shape index (κ2) is 8.69. The van der Waals surface area contributed by atoms with Crippen LogP contribution in [0.15, 0.2) is 28.9 Å². The fourth-order valence-corrected chi connectivity index (χ4v) is 5.75. The molecule has 34 heavy (non-hydrogen) atoms. The largest absolute Gasteiger partial charge is 0.481 e. The van der Waals surface area contributed by atoms with Crippen molar-refractivity contribution in [2.24, 2.45) is 5.41 Å². The number of piperidine rings is 1. The maximum absolute atomic E-state index is 11.2. The van der Waals surface area contributed by atoms with E-state index in [4.69, 9.17) is 16.1 Å². The Morgan fingerprint density at radius 2 is 2.18 bits per heavy atom. The second-order valence-electron chi connectivity index (χ2n) is 10.3. The first-order valence-electron chi connectivity index (χ1n) is 11.8. The molecule has 1 aliphatic heterocycles. The smallest absolute Gasteiger partial charge is 0.303 e. The molecular formula is C26H29ClN4O3. The third kappa shape index (κ3) is 4.29. The number of hydrogen-bond acceptors (Lipinski definition) is 6. The summed E-state index contributed by atoms with van der Waals surface area (Å²) in [4.78, 5) is 22.7. The third-order valence-corrected chi connectivity index (χ3v) is 7.45. The lowest BCUT2D eigenvalue weighted by Gasteiger charge is -2.39. The Bertz CT molecular complexity index is 1250. The number of rotatable bonds is 5. The molecule has 1 atom stereocenters. The zero-order valence-corrected chi connectivity index (χ0v) is 20.5. The van der Waals surface area contributed by atoms with Gasteiger partial charge in [0.05, 0.1) is 17.0 Å². The molecule has 3 aromatic rings. The Morgan fingerprint density at radius 3 is 2.91 bits per heavy atom. The summed E-state index contributed by atoms with van der Waals surface area (Å²) < 4.78 is 5.58. The molecule has 1 saturated heterocycles. The molecule has 2 aromatic heterocycles. The van der Waals surface area contributed by atoms with Crippen molar-refractivity contribution in [2.45, 2.75) is 58.8 Å². The molecule has 1 fully saturated rings. The standard InChI is InChI=1S/C26H29ClN4O3/c1-15-18-6-5-16(12-22(32)33)20(18)8-7-19(15)23-29-25(34-30-23)17-11-21(27)24(28-13-17)31-10-4-9-26(2,3)14-31/h7-8,11,13,16H,4-6,9-10,12,14H2,1-3H3,(H,32,33). The number of carboxylic acids is 1. The van der Waals surface area contributed by atoms with Crippen LogP contribution in [0.4, 0.5) is 5.82 Å². The second-order valence-corrected chi connectivity index (χ2v) is 10.7. The van der Waals surface area contributed by atoms with E-state index in [2.05, 4.69) is 33.9 Å². The summed E-state index contributed by atoms with van der Waals surface area (Å²) in [6.07, 6.45) is 5.95. The van der Waals surface area contributed by atoms with Crippen LogP contribution in [0.2, 0.25) is 5.02 Å². The van der Waals surface area contributed by atoms with Crippen molar-refractivity contribution in [1.82, 2.24) is 15.1 Å². The quantitative estimate of drug-likeness (QED) is 0.486. The number of carboxylic acid groups (broad SMARTS) is 1. The monoisotopic (exact) mass is 480 g/mol. The summed E-state index contributed by atoms with van der Waals surface area (Å²) in [6.45, 7) is 8.46. The highest BCUT2D eigenvalue weighted by Gasteiger charge is 2.29. The molecule has 0 amide bonds. The normalized spacial score (nSPS) is 19.3. The first-order valence-corrected chi connectivity index (χ1v) is 12.2. The van der Waals surface area contributed by atoms with Gasteiger partial charge in [-0.15, -0.1) is 0 Å². The van der Waals surface area contributed by atoms with Gasteiger partial charge in [-0.3, -0.25) is 4.79 Å². The number of aliphatic carboxylic acids is 1. The average molecular weight is 481 g/mol. The zero-order valence-electron chi connectivity index (χ0n) is 19.8. The summed E-state index contributed by atoms with van der Waals surface area (Å²) in [6, 6.07) is 5.83. The number of hydrogen-bond donors (Lipinski definition) is 1. The summed E-state index contributed by atoms with van der Waals surface area (Å²) in [7, 11) is 0. The Balaban J connectivity index is 1.40. The Hall–Kier alpha value is -2.93. The number of carbonyl (C=O) groups is 1. The summed E-state index contributed by atoms with van der Waals surface area (Å²) in [5.41, 5.74) is 5.23. The maximum Gasteiger partial charge on any atom is 0.303 e. The molecule has 7 nitrogen and oxygen atoms in total. The van der Waals surface area contributed by atoms with Crippen molar-refractivity contribution < 1.29 is 14.4 Å². The lowest BCUT2D eigenvalue weighted by atomic mass is 9.84. The fraction of sp³-hybridized carbons (Fsp3) is 0.462. The molecule has 1 N–H and O–H groups in total. The molecule has 0 bridgehead atoms. The molecule has 178 valence electrons. The van der Waals surface area contributed by atoms with Gasteiger partial charge in [-0.05, 0) is 66.7 Å². The van der Waals surface area contributed by atoms with E-state index in [0.29, 0.717) is 22.3 Å². The van der Waals surface area contributed by atoms with Crippen LogP contribution < -0.4 is 4.90 Å². The van der Waals surface area contributed by atoms with Crippen molar-refractivity contribution in [3.8, 4) is 22.8 Å². The summed E-state index contributed by atoms with van der Waals surface area (Å²) in [5.74, 6) is 0.986. The van der Waals surface area contributed by atoms with E-state index in [9.17, 15) is 9.90 Å². The van der Waals surface area contributed by atoms with Crippen LogP contribution in [0.1, 0.15) is 62.1 Å². The first-order chi connectivity index (χ1) is 16.2. The van der Waals surface area contributed by atoms with Crippen LogP contribution in [0.5, 0.6) is 0 Å². The third-order valence-electron chi connectivity index (χ3n) is 7.17. The van der Waals surface area contributed by atoms with Crippen LogP contribution in [0, 0.1) is 12.3 Å². The van der Waals surface area contributed by atoms with Crippen LogP contribution >= 0.6 is 11.6 Å². The highest BCUT2D eigenvalue weighted by Crippen LogP contribution is 2.40. The van der Waals surface area contributed by atoms with Crippen LogP contribution in [0.3, 0.4) is 0 Å². The topological polar surface area (TPSA) is 92.4 Å². The number of aromatic nitrogens is 3. The van der Waals surface area contributed by atoms with Crippen LogP contribution in [-0.4, -0.2) is 39.3 Å². The number of anilines is 1. The van der Waals surface area contributed by atoms with Crippen LogP contribution in [0.25, 0.3) is 22.8 Å². The molecule has 0 spiro atoms. The molecule has 8 heteroatoms. The minimum Gasteiger partial charge on any atom is -0.481 e. The Labute approximate surface area is 204 Å². The molecule has 1 aliphatic carbocycles. The minimum absolute atomic E-state index is 0.0679. The number of nitrogens with zero attached hydrogens (tertiary/aromatic N) is 4. The number of halogens is 1. The van der Waals surface area contributed by atoms with Crippen molar-refractivity contribution in [2.75, 3.05) is 18.0 Å². The summed E-state index contributed by atoms with van der Waals surface area (Å²) >= 11 is 6.63. The molecule has 1 aromatic carbocycles. The van der Waals surface area contributed by atoms with Gasteiger partial charge in [-0.1, -0.05) is 42.7 Å². The van der Waals surface area contributed by atoms with E-state index in [-0.39, 0.29) is 17.8 Å². The highest BCUT2D eigenvalue weighted by molar-refractivity contribution is 6.33. The van der Waals surface area contributed by atoms with E-state index in [1.54, 1.807) is 6.20 Å². The predicted molar refractivity (Wildman–Crippen MR) is 131 cm³/mol. The zero-order chi connectivity index (χ0) is 24.0. The minimum atomic E-state index is -0.760. The predicted octanol–water partition coefficient (Wildman–Crippen LogP) is 5.89. The molecule has 3 heterocycles. The van der Waals surface area contributed by atoms with E-state index < -0.39 is 5.97 Å². The van der Waals surface area contributed by atoms with Gasteiger partial charge in [-0.25, -0.2) is 4.98 Å². The number of pyridine rings is 1. The van der Waals surface area contributed by atoms with Crippen molar-refractivity contribution in [1.29, 1.82) is 0 Å².